The largest absolute Gasteiger partial charge is 0.454 e. The first-order valence-electron chi connectivity index (χ1n) is 8.11. The molecule has 8 heteroatoms. The molecule has 0 unspecified atom stereocenters. The Morgan fingerprint density at radius 2 is 2.00 bits per heavy atom. The van der Waals surface area contributed by atoms with Gasteiger partial charge in [0.2, 0.25) is 6.79 Å². The van der Waals surface area contributed by atoms with Crippen molar-refractivity contribution in [1.29, 1.82) is 0 Å². The Morgan fingerprint density at radius 1 is 1.15 bits per heavy atom. The number of rotatable bonds is 7. The van der Waals surface area contributed by atoms with Gasteiger partial charge in [-0.2, -0.15) is 0 Å². The number of aromatic nitrogens is 1. The number of hydrogen-bond acceptors (Lipinski definition) is 6. The first kappa shape index (κ1) is 17.7. The van der Waals surface area contributed by atoms with E-state index in [4.69, 9.17) is 14.2 Å². The second-order valence-corrected chi connectivity index (χ2v) is 5.55. The van der Waals surface area contributed by atoms with Crippen LogP contribution >= 0.6 is 0 Å². The number of benzene rings is 1. The van der Waals surface area contributed by atoms with Crippen LogP contribution in [0.4, 0.5) is 5.69 Å². The lowest BCUT2D eigenvalue weighted by atomic mass is 10.2. The van der Waals surface area contributed by atoms with E-state index < -0.39 is 0 Å². The minimum Gasteiger partial charge on any atom is -0.454 e. The maximum atomic E-state index is 12.4. The third kappa shape index (κ3) is 4.28. The minimum absolute atomic E-state index is 0.167. The highest BCUT2D eigenvalue weighted by Crippen LogP contribution is 2.34. The number of fused-ring (bicyclic) bond motifs is 1. The summed E-state index contributed by atoms with van der Waals surface area (Å²) in [6, 6.07) is 8.13. The van der Waals surface area contributed by atoms with E-state index >= 15 is 0 Å². The van der Waals surface area contributed by atoms with Crippen molar-refractivity contribution in [3.05, 3.63) is 47.8 Å². The van der Waals surface area contributed by atoms with Gasteiger partial charge in [-0.1, -0.05) is 0 Å². The number of ether oxygens (including phenoxy) is 3. The second-order valence-electron chi connectivity index (χ2n) is 5.55. The summed E-state index contributed by atoms with van der Waals surface area (Å²) in [6.07, 6.45) is 2.13. The lowest BCUT2D eigenvalue weighted by Gasteiger charge is -2.08. The van der Waals surface area contributed by atoms with Crippen molar-refractivity contribution < 1.29 is 23.8 Å². The van der Waals surface area contributed by atoms with Crippen LogP contribution in [0.15, 0.2) is 36.5 Å². The van der Waals surface area contributed by atoms with E-state index in [1.54, 1.807) is 31.4 Å². The minimum atomic E-state index is -0.348. The van der Waals surface area contributed by atoms with Gasteiger partial charge < -0.3 is 24.8 Å². The molecule has 1 aromatic carbocycles. The summed E-state index contributed by atoms with van der Waals surface area (Å²) in [5.41, 5.74) is 1.09. The molecule has 2 amide bonds. The van der Waals surface area contributed by atoms with Crippen LogP contribution in [0.3, 0.4) is 0 Å². The fourth-order valence-corrected chi connectivity index (χ4v) is 2.38. The van der Waals surface area contributed by atoms with Gasteiger partial charge in [0.15, 0.2) is 11.5 Å². The van der Waals surface area contributed by atoms with Crippen LogP contribution in [0, 0.1) is 0 Å². The molecule has 26 heavy (non-hydrogen) atoms. The van der Waals surface area contributed by atoms with Gasteiger partial charge in [0.25, 0.3) is 11.8 Å². The Hall–Kier alpha value is -3.13. The molecular weight excluding hydrogens is 338 g/mol. The van der Waals surface area contributed by atoms with Crippen molar-refractivity contribution in [1.82, 2.24) is 10.3 Å². The number of nitrogens with one attached hydrogen (secondary N) is 2. The molecule has 0 spiro atoms. The van der Waals surface area contributed by atoms with E-state index in [2.05, 4.69) is 15.6 Å². The third-order valence-electron chi connectivity index (χ3n) is 3.70. The molecule has 2 aromatic rings. The first-order valence-corrected chi connectivity index (χ1v) is 8.11. The molecule has 0 bridgehead atoms. The van der Waals surface area contributed by atoms with Gasteiger partial charge in [-0.05, 0) is 30.7 Å². The standard InChI is InChI=1S/C18H19N3O5/c1-24-8-2-6-20-18(23)14-9-12(5-7-19-14)17(22)21-13-3-4-15-16(10-13)26-11-25-15/h3-5,7,9-10H,2,6,8,11H2,1H3,(H,20,23)(H,21,22). The Balaban J connectivity index is 1.63. The third-order valence-corrected chi connectivity index (χ3v) is 3.70. The molecule has 2 heterocycles. The maximum Gasteiger partial charge on any atom is 0.269 e. The summed E-state index contributed by atoms with van der Waals surface area (Å²) in [6.45, 7) is 1.20. The van der Waals surface area contributed by atoms with Crippen LogP contribution in [0.25, 0.3) is 0 Å². The monoisotopic (exact) mass is 357 g/mol. The van der Waals surface area contributed by atoms with Crippen LogP contribution in [0.1, 0.15) is 27.3 Å². The van der Waals surface area contributed by atoms with Crippen molar-refractivity contribution in [2.45, 2.75) is 6.42 Å². The highest BCUT2D eigenvalue weighted by molar-refractivity contribution is 6.05. The van der Waals surface area contributed by atoms with Gasteiger partial charge in [0.05, 0.1) is 0 Å². The van der Waals surface area contributed by atoms with E-state index in [-0.39, 0.29) is 24.3 Å². The molecule has 1 aliphatic rings. The van der Waals surface area contributed by atoms with Gasteiger partial charge in [-0.25, -0.2) is 0 Å². The fourth-order valence-electron chi connectivity index (χ4n) is 2.38. The van der Waals surface area contributed by atoms with Gasteiger partial charge in [0, 0.05) is 43.8 Å². The molecule has 0 radical (unpaired) electrons. The van der Waals surface area contributed by atoms with Gasteiger partial charge in [0.1, 0.15) is 5.69 Å². The SMILES string of the molecule is COCCCNC(=O)c1cc(C(=O)Nc2ccc3c(c2)OCO3)ccn1. The average Bonchev–Trinajstić information content (AvgIpc) is 3.13. The molecular formula is C18H19N3O5. The number of carbonyl (C=O) groups is 2. The normalized spacial score (nSPS) is 11.9. The second kappa shape index (κ2) is 8.30. The molecule has 0 saturated carbocycles. The van der Waals surface area contributed by atoms with Crippen molar-refractivity contribution >= 4 is 17.5 Å². The number of hydrogen-bond donors (Lipinski definition) is 2. The quantitative estimate of drug-likeness (QED) is 0.734. The first-order chi connectivity index (χ1) is 12.7. The molecule has 0 aliphatic carbocycles. The Labute approximate surface area is 150 Å². The molecule has 3 rings (SSSR count). The van der Waals surface area contributed by atoms with Crippen LogP contribution in [-0.4, -0.2) is 43.9 Å². The summed E-state index contributed by atoms with van der Waals surface area (Å²) in [5.74, 6) is 0.534. The zero-order valence-corrected chi connectivity index (χ0v) is 14.3. The highest BCUT2D eigenvalue weighted by atomic mass is 16.7. The van der Waals surface area contributed by atoms with Crippen molar-refractivity contribution in [3.63, 3.8) is 0 Å². The topological polar surface area (TPSA) is 98.8 Å². The number of carbonyl (C=O) groups excluding carboxylic acids is 2. The summed E-state index contributed by atoms with van der Waals surface area (Å²) < 4.78 is 15.5. The van der Waals surface area contributed by atoms with E-state index in [0.717, 1.165) is 0 Å². The predicted octanol–water partition coefficient (Wildman–Crippen LogP) is 1.83. The Bertz CT molecular complexity index is 809. The molecule has 0 fully saturated rings. The van der Waals surface area contributed by atoms with E-state index in [0.29, 0.717) is 42.3 Å². The molecule has 8 nitrogen and oxygen atoms in total. The lowest BCUT2D eigenvalue weighted by Crippen LogP contribution is -2.26. The number of methoxy groups -OCH3 is 1. The fraction of sp³-hybridized carbons (Fsp3) is 0.278. The summed E-state index contributed by atoms with van der Waals surface area (Å²) in [7, 11) is 1.60. The van der Waals surface area contributed by atoms with Gasteiger partial charge in [-0.3, -0.25) is 14.6 Å². The van der Waals surface area contributed by atoms with Crippen LogP contribution in [0.5, 0.6) is 11.5 Å². The molecule has 0 saturated heterocycles. The number of anilines is 1. The predicted molar refractivity (Wildman–Crippen MR) is 93.6 cm³/mol. The Kier molecular flexibility index (Phi) is 5.65. The van der Waals surface area contributed by atoms with Crippen molar-refractivity contribution in [2.24, 2.45) is 0 Å². The molecule has 1 aromatic heterocycles. The number of nitrogens with zero attached hydrogens (tertiary/aromatic N) is 1. The van der Waals surface area contributed by atoms with Crippen molar-refractivity contribution in [3.8, 4) is 11.5 Å². The Morgan fingerprint density at radius 3 is 2.85 bits per heavy atom. The van der Waals surface area contributed by atoms with Crippen LogP contribution in [-0.2, 0) is 4.74 Å². The summed E-state index contributed by atoms with van der Waals surface area (Å²) in [5, 5.41) is 5.50. The average molecular weight is 357 g/mol. The highest BCUT2D eigenvalue weighted by Gasteiger charge is 2.16. The zero-order valence-electron chi connectivity index (χ0n) is 14.3. The van der Waals surface area contributed by atoms with Crippen molar-refractivity contribution in [2.75, 3.05) is 32.4 Å². The molecule has 0 atom stereocenters. The van der Waals surface area contributed by atoms with Gasteiger partial charge in [-0.15, -0.1) is 0 Å². The van der Waals surface area contributed by atoms with Gasteiger partial charge >= 0.3 is 0 Å². The summed E-state index contributed by atoms with van der Waals surface area (Å²) >= 11 is 0. The molecule has 136 valence electrons. The number of pyridine rings is 1. The number of amides is 2. The van der Waals surface area contributed by atoms with E-state index in [1.165, 1.54) is 12.3 Å². The van der Waals surface area contributed by atoms with Crippen LogP contribution in [0.2, 0.25) is 0 Å². The summed E-state index contributed by atoms with van der Waals surface area (Å²) in [4.78, 5) is 28.5. The maximum absolute atomic E-state index is 12.4. The zero-order chi connectivity index (χ0) is 18.4. The van der Waals surface area contributed by atoms with E-state index in [9.17, 15) is 9.59 Å². The van der Waals surface area contributed by atoms with E-state index in [1.807, 2.05) is 0 Å². The lowest BCUT2D eigenvalue weighted by molar-refractivity contribution is 0.0943. The molecule has 1 aliphatic heterocycles. The van der Waals surface area contributed by atoms with Crippen LogP contribution < -0.4 is 20.1 Å². The molecule has 2 N–H and O–H groups in total. The smallest absolute Gasteiger partial charge is 0.269 e.